The highest BCUT2D eigenvalue weighted by molar-refractivity contribution is 5.94. The fourth-order valence-corrected chi connectivity index (χ4v) is 2.41. The largest absolute Gasteiger partial charge is 0.349 e. The van der Waals surface area contributed by atoms with Crippen molar-refractivity contribution in [1.82, 2.24) is 5.32 Å². The molecule has 1 N–H and O–H groups in total. The van der Waals surface area contributed by atoms with Gasteiger partial charge in [-0.25, -0.2) is 0 Å². The molecular weight excluding hydrogens is 234 g/mol. The molecule has 2 heteroatoms. The fraction of sp³-hybridized carbons (Fsp3) is 0.588. The van der Waals surface area contributed by atoms with Gasteiger partial charge in [-0.1, -0.05) is 52.2 Å². The van der Waals surface area contributed by atoms with Crippen LogP contribution in [0.1, 0.15) is 68.8 Å². The topological polar surface area (TPSA) is 29.1 Å². The maximum atomic E-state index is 12.0. The molecular formula is C17H27NO. The molecule has 0 saturated heterocycles. The van der Waals surface area contributed by atoms with Crippen LogP contribution in [0.15, 0.2) is 24.3 Å². The second-order valence-corrected chi connectivity index (χ2v) is 4.86. The molecule has 0 aliphatic heterocycles. The second-order valence-electron chi connectivity index (χ2n) is 4.86. The Morgan fingerprint density at radius 2 is 1.68 bits per heavy atom. The van der Waals surface area contributed by atoms with Gasteiger partial charge in [-0.3, -0.25) is 4.79 Å². The molecule has 1 aromatic carbocycles. The van der Waals surface area contributed by atoms with Gasteiger partial charge in [0.25, 0.3) is 5.91 Å². The van der Waals surface area contributed by atoms with Gasteiger partial charge in [-0.2, -0.15) is 0 Å². The molecule has 0 atom stereocenters. The Morgan fingerprint density at radius 3 is 2.21 bits per heavy atom. The van der Waals surface area contributed by atoms with Crippen LogP contribution in [0.25, 0.3) is 0 Å². The summed E-state index contributed by atoms with van der Waals surface area (Å²) < 4.78 is 0. The monoisotopic (exact) mass is 261 g/mol. The number of amides is 1. The normalized spacial score (nSPS) is 15.3. The zero-order chi connectivity index (χ0) is 14.1. The minimum absolute atomic E-state index is 0.0829. The van der Waals surface area contributed by atoms with Crippen LogP contribution < -0.4 is 5.32 Å². The standard InChI is InChI=1S/C15H21NO.C2H6/c1-2-12-8-10-13(11-9-12)15(17)16-14-6-4-3-5-7-14;1-2/h8-11,14H,2-7H2,1H3,(H,16,17);1-2H3. The summed E-state index contributed by atoms with van der Waals surface area (Å²) in [6, 6.07) is 8.32. The predicted octanol–water partition coefficient (Wildman–Crippen LogP) is 4.34. The molecule has 1 aliphatic carbocycles. The number of nitrogens with one attached hydrogen (secondary N) is 1. The molecule has 2 rings (SSSR count). The van der Waals surface area contributed by atoms with Gasteiger partial charge in [-0.15, -0.1) is 0 Å². The van der Waals surface area contributed by atoms with Crippen LogP contribution in [0.2, 0.25) is 0 Å². The Hall–Kier alpha value is -1.31. The van der Waals surface area contributed by atoms with E-state index in [-0.39, 0.29) is 5.91 Å². The van der Waals surface area contributed by atoms with Crippen molar-refractivity contribution >= 4 is 5.91 Å². The zero-order valence-corrected chi connectivity index (χ0v) is 12.5. The number of hydrogen-bond acceptors (Lipinski definition) is 1. The summed E-state index contributed by atoms with van der Waals surface area (Å²) in [5, 5.41) is 3.13. The number of rotatable bonds is 3. The van der Waals surface area contributed by atoms with Crippen LogP contribution in [0.5, 0.6) is 0 Å². The Labute approximate surface area is 117 Å². The predicted molar refractivity (Wildman–Crippen MR) is 81.5 cm³/mol. The van der Waals surface area contributed by atoms with Gasteiger partial charge in [-0.05, 0) is 37.0 Å². The van der Waals surface area contributed by atoms with Crippen molar-refractivity contribution in [2.45, 2.75) is 65.3 Å². The number of benzene rings is 1. The van der Waals surface area contributed by atoms with Gasteiger partial charge < -0.3 is 5.32 Å². The number of carbonyl (C=O) groups excluding carboxylic acids is 1. The van der Waals surface area contributed by atoms with Gasteiger partial charge in [0.05, 0.1) is 0 Å². The molecule has 2 nitrogen and oxygen atoms in total. The van der Waals surface area contributed by atoms with E-state index in [0.717, 1.165) is 24.8 Å². The Bertz CT molecular complexity index is 363. The summed E-state index contributed by atoms with van der Waals surface area (Å²) in [5.41, 5.74) is 2.06. The van der Waals surface area contributed by atoms with Gasteiger partial charge in [0.15, 0.2) is 0 Å². The minimum atomic E-state index is 0.0829. The number of hydrogen-bond donors (Lipinski definition) is 1. The molecule has 0 radical (unpaired) electrons. The van der Waals surface area contributed by atoms with Crippen molar-refractivity contribution in [1.29, 1.82) is 0 Å². The average molecular weight is 261 g/mol. The minimum Gasteiger partial charge on any atom is -0.349 e. The van der Waals surface area contributed by atoms with Crippen molar-refractivity contribution in [2.24, 2.45) is 0 Å². The molecule has 1 aromatic rings. The van der Waals surface area contributed by atoms with Crippen molar-refractivity contribution < 1.29 is 4.79 Å². The maximum Gasteiger partial charge on any atom is 0.251 e. The molecule has 0 aromatic heterocycles. The molecule has 19 heavy (non-hydrogen) atoms. The second kappa shape index (κ2) is 8.73. The van der Waals surface area contributed by atoms with Crippen LogP contribution >= 0.6 is 0 Å². The SMILES string of the molecule is CC.CCc1ccc(C(=O)NC2CCCCC2)cc1. The molecule has 0 bridgehead atoms. The molecule has 1 saturated carbocycles. The van der Waals surface area contributed by atoms with Crippen molar-refractivity contribution in [3.63, 3.8) is 0 Å². The third-order valence-corrected chi connectivity index (χ3v) is 3.56. The van der Waals surface area contributed by atoms with Gasteiger partial charge in [0, 0.05) is 11.6 Å². The molecule has 1 aliphatic rings. The van der Waals surface area contributed by atoms with Crippen LogP contribution in [-0.4, -0.2) is 11.9 Å². The number of carbonyl (C=O) groups is 1. The molecule has 0 heterocycles. The lowest BCUT2D eigenvalue weighted by Crippen LogP contribution is -2.36. The third kappa shape index (κ3) is 5.06. The van der Waals surface area contributed by atoms with Crippen LogP contribution in [0, 0.1) is 0 Å². The van der Waals surface area contributed by atoms with Crippen LogP contribution in [-0.2, 0) is 6.42 Å². The Morgan fingerprint density at radius 1 is 1.11 bits per heavy atom. The van der Waals surface area contributed by atoms with Gasteiger partial charge >= 0.3 is 0 Å². The van der Waals surface area contributed by atoms with Gasteiger partial charge in [0.2, 0.25) is 0 Å². The van der Waals surface area contributed by atoms with Crippen LogP contribution in [0.3, 0.4) is 0 Å². The summed E-state index contributed by atoms with van der Waals surface area (Å²) in [4.78, 5) is 12.0. The van der Waals surface area contributed by atoms with E-state index in [1.165, 1.54) is 24.8 Å². The van der Waals surface area contributed by atoms with Crippen molar-refractivity contribution in [2.75, 3.05) is 0 Å². The Balaban J connectivity index is 0.000000861. The first-order valence-corrected chi connectivity index (χ1v) is 7.69. The van der Waals surface area contributed by atoms with E-state index >= 15 is 0 Å². The number of aryl methyl sites for hydroxylation is 1. The molecule has 1 fully saturated rings. The lowest BCUT2D eigenvalue weighted by Gasteiger charge is -2.22. The summed E-state index contributed by atoms with van der Waals surface area (Å²) in [7, 11) is 0. The maximum absolute atomic E-state index is 12.0. The third-order valence-electron chi connectivity index (χ3n) is 3.56. The summed E-state index contributed by atoms with van der Waals surface area (Å²) >= 11 is 0. The van der Waals surface area contributed by atoms with Crippen LogP contribution in [0.4, 0.5) is 0 Å². The average Bonchev–Trinajstić information content (AvgIpc) is 2.50. The lowest BCUT2D eigenvalue weighted by atomic mass is 9.95. The quantitative estimate of drug-likeness (QED) is 0.861. The molecule has 0 spiro atoms. The highest BCUT2D eigenvalue weighted by Gasteiger charge is 2.16. The molecule has 1 amide bonds. The van der Waals surface area contributed by atoms with E-state index in [0.29, 0.717) is 6.04 Å². The first-order chi connectivity index (χ1) is 9.29. The van der Waals surface area contributed by atoms with E-state index in [1.54, 1.807) is 0 Å². The fourth-order valence-electron chi connectivity index (χ4n) is 2.41. The zero-order valence-electron chi connectivity index (χ0n) is 12.5. The van der Waals surface area contributed by atoms with E-state index in [2.05, 4.69) is 12.2 Å². The van der Waals surface area contributed by atoms with E-state index in [9.17, 15) is 4.79 Å². The summed E-state index contributed by atoms with van der Waals surface area (Å²) in [6.07, 6.45) is 7.11. The van der Waals surface area contributed by atoms with E-state index < -0.39 is 0 Å². The lowest BCUT2D eigenvalue weighted by molar-refractivity contribution is 0.0927. The molecule has 106 valence electrons. The van der Waals surface area contributed by atoms with Crippen molar-refractivity contribution in [3.8, 4) is 0 Å². The smallest absolute Gasteiger partial charge is 0.251 e. The first kappa shape index (κ1) is 15.7. The van der Waals surface area contributed by atoms with E-state index in [1.807, 2.05) is 38.1 Å². The Kier molecular flexibility index (Phi) is 7.24. The highest BCUT2D eigenvalue weighted by atomic mass is 16.1. The van der Waals surface area contributed by atoms with Crippen molar-refractivity contribution in [3.05, 3.63) is 35.4 Å². The summed E-state index contributed by atoms with van der Waals surface area (Å²) in [6.45, 7) is 6.12. The summed E-state index contributed by atoms with van der Waals surface area (Å²) in [5.74, 6) is 0.0829. The van der Waals surface area contributed by atoms with E-state index in [4.69, 9.17) is 0 Å². The highest BCUT2D eigenvalue weighted by Crippen LogP contribution is 2.17. The molecule has 0 unspecified atom stereocenters. The van der Waals surface area contributed by atoms with Gasteiger partial charge in [0.1, 0.15) is 0 Å². The first-order valence-electron chi connectivity index (χ1n) is 7.69.